The van der Waals surface area contributed by atoms with E-state index in [1.54, 1.807) is 23.1 Å². The number of hydrogen-bond donors (Lipinski definition) is 2. The van der Waals surface area contributed by atoms with Crippen LogP contribution in [0.25, 0.3) is 0 Å². The van der Waals surface area contributed by atoms with Crippen LogP contribution in [0.5, 0.6) is 5.75 Å². The lowest BCUT2D eigenvalue weighted by Crippen LogP contribution is -2.38. The molecule has 2 aromatic rings. The summed E-state index contributed by atoms with van der Waals surface area (Å²) in [7, 11) is 0. The maximum Gasteiger partial charge on any atom is 0.254 e. The summed E-state index contributed by atoms with van der Waals surface area (Å²) >= 11 is 6.22. The van der Waals surface area contributed by atoms with Gasteiger partial charge in [0.1, 0.15) is 5.75 Å². The average Bonchev–Trinajstić information content (AvgIpc) is 2.62. The quantitative estimate of drug-likeness (QED) is 0.804. The van der Waals surface area contributed by atoms with Crippen molar-refractivity contribution in [3.8, 4) is 5.75 Å². The molecular weight excluding hydrogens is 340 g/mol. The van der Waals surface area contributed by atoms with Gasteiger partial charge in [0.05, 0.1) is 24.3 Å². The molecule has 3 N–H and O–H groups in total. The van der Waals surface area contributed by atoms with Gasteiger partial charge in [-0.25, -0.2) is 0 Å². The number of ether oxygens (including phenoxy) is 1. The van der Waals surface area contributed by atoms with Crippen molar-refractivity contribution in [1.29, 1.82) is 0 Å². The number of carbonyl (C=O) groups is 1. The Bertz CT molecular complexity index is 766. The molecule has 1 unspecified atom stereocenters. The average molecular weight is 361 g/mol. The van der Waals surface area contributed by atoms with E-state index in [0.717, 1.165) is 17.5 Å². The predicted octanol–water partition coefficient (Wildman–Crippen LogP) is 2.76. The number of fused-ring (bicyclic) bond motifs is 1. The molecule has 1 amide bonds. The Morgan fingerprint density at radius 3 is 2.88 bits per heavy atom. The van der Waals surface area contributed by atoms with Crippen molar-refractivity contribution < 1.29 is 14.6 Å². The van der Waals surface area contributed by atoms with Gasteiger partial charge in [-0.3, -0.25) is 4.79 Å². The highest BCUT2D eigenvalue weighted by atomic mass is 35.5. The Kier molecular flexibility index (Phi) is 5.58. The van der Waals surface area contributed by atoms with Crippen molar-refractivity contribution >= 4 is 17.5 Å². The summed E-state index contributed by atoms with van der Waals surface area (Å²) in [6.45, 7) is 1.77. The van der Waals surface area contributed by atoms with Crippen molar-refractivity contribution in [2.45, 2.75) is 19.1 Å². The van der Waals surface area contributed by atoms with E-state index in [9.17, 15) is 9.90 Å². The van der Waals surface area contributed by atoms with Crippen LogP contribution in [0.3, 0.4) is 0 Å². The van der Waals surface area contributed by atoms with Gasteiger partial charge in [-0.15, -0.1) is 0 Å². The SMILES string of the molecule is NCCCOc1ccc(C(=O)N2Cc3ccccc3C(O)C2)cc1Cl. The second-order valence-corrected chi connectivity index (χ2v) is 6.44. The molecule has 0 bridgehead atoms. The molecule has 0 radical (unpaired) electrons. The zero-order valence-corrected chi connectivity index (χ0v) is 14.6. The fraction of sp³-hybridized carbons (Fsp3) is 0.316. The molecule has 3 rings (SSSR count). The Labute approximate surface area is 152 Å². The minimum Gasteiger partial charge on any atom is -0.492 e. The number of β-amino-alcohol motifs (C(OH)–C–C–N with tert-alkyl or cyclic N) is 1. The fourth-order valence-electron chi connectivity index (χ4n) is 2.93. The zero-order valence-electron chi connectivity index (χ0n) is 13.8. The highest BCUT2D eigenvalue weighted by molar-refractivity contribution is 6.32. The van der Waals surface area contributed by atoms with E-state index in [1.165, 1.54) is 0 Å². The van der Waals surface area contributed by atoms with Gasteiger partial charge in [0, 0.05) is 12.1 Å². The predicted molar refractivity (Wildman–Crippen MR) is 96.8 cm³/mol. The molecule has 0 fully saturated rings. The zero-order chi connectivity index (χ0) is 17.8. The molecule has 25 heavy (non-hydrogen) atoms. The van der Waals surface area contributed by atoms with Crippen LogP contribution in [-0.4, -0.2) is 35.6 Å². The molecular formula is C19H21ClN2O3. The van der Waals surface area contributed by atoms with Crippen LogP contribution in [0.15, 0.2) is 42.5 Å². The number of carbonyl (C=O) groups excluding carboxylic acids is 1. The summed E-state index contributed by atoms with van der Waals surface area (Å²) in [6.07, 6.45) is 0.0606. The van der Waals surface area contributed by atoms with E-state index >= 15 is 0 Å². The smallest absolute Gasteiger partial charge is 0.254 e. The Morgan fingerprint density at radius 1 is 1.32 bits per heavy atom. The number of nitrogens with zero attached hydrogens (tertiary/aromatic N) is 1. The summed E-state index contributed by atoms with van der Waals surface area (Å²) in [5.41, 5.74) is 7.76. The van der Waals surface area contributed by atoms with Gasteiger partial charge in [0.2, 0.25) is 0 Å². The first-order valence-corrected chi connectivity index (χ1v) is 8.65. The normalized spacial score (nSPS) is 16.4. The first kappa shape index (κ1) is 17.7. The lowest BCUT2D eigenvalue weighted by atomic mass is 9.97. The Balaban J connectivity index is 1.74. The Hall–Kier alpha value is -2.08. The summed E-state index contributed by atoms with van der Waals surface area (Å²) < 4.78 is 5.54. The molecule has 1 aliphatic heterocycles. The number of amides is 1. The molecule has 2 aromatic carbocycles. The molecule has 5 nitrogen and oxygen atoms in total. The van der Waals surface area contributed by atoms with Gasteiger partial charge in [0.15, 0.2) is 0 Å². The summed E-state index contributed by atoms with van der Waals surface area (Å²) in [5.74, 6) is 0.375. The highest BCUT2D eigenvalue weighted by Gasteiger charge is 2.27. The molecule has 0 aromatic heterocycles. The van der Waals surface area contributed by atoms with E-state index < -0.39 is 6.10 Å². The first-order valence-electron chi connectivity index (χ1n) is 8.27. The molecule has 0 saturated heterocycles. The van der Waals surface area contributed by atoms with Crippen molar-refractivity contribution in [2.75, 3.05) is 19.7 Å². The lowest BCUT2D eigenvalue weighted by Gasteiger charge is -2.32. The molecule has 1 atom stereocenters. The van der Waals surface area contributed by atoms with Gasteiger partial charge in [-0.2, -0.15) is 0 Å². The van der Waals surface area contributed by atoms with E-state index in [-0.39, 0.29) is 12.5 Å². The molecule has 1 heterocycles. The molecule has 6 heteroatoms. The summed E-state index contributed by atoms with van der Waals surface area (Å²) in [4.78, 5) is 14.4. The van der Waals surface area contributed by atoms with Gasteiger partial charge in [-0.05, 0) is 42.3 Å². The third-order valence-corrected chi connectivity index (χ3v) is 4.54. The van der Waals surface area contributed by atoms with Crippen LogP contribution in [0, 0.1) is 0 Å². The fourth-order valence-corrected chi connectivity index (χ4v) is 3.17. The second kappa shape index (κ2) is 7.87. The minimum absolute atomic E-state index is 0.163. The molecule has 132 valence electrons. The highest BCUT2D eigenvalue weighted by Crippen LogP contribution is 2.29. The standard InChI is InChI=1S/C19H21ClN2O3/c20-16-10-13(6-7-18(16)25-9-3-8-21)19(24)22-11-14-4-1-2-5-15(14)17(23)12-22/h1-2,4-7,10,17,23H,3,8-9,11-12,21H2. The largest absolute Gasteiger partial charge is 0.492 e. The second-order valence-electron chi connectivity index (χ2n) is 6.04. The van der Waals surface area contributed by atoms with E-state index in [2.05, 4.69) is 0 Å². The molecule has 0 saturated carbocycles. The molecule has 0 aliphatic carbocycles. The topological polar surface area (TPSA) is 75.8 Å². The van der Waals surface area contributed by atoms with Gasteiger partial charge in [-0.1, -0.05) is 35.9 Å². The number of halogens is 1. The Morgan fingerprint density at radius 2 is 2.12 bits per heavy atom. The maximum atomic E-state index is 12.8. The van der Waals surface area contributed by atoms with Gasteiger partial charge in [0.25, 0.3) is 5.91 Å². The minimum atomic E-state index is -0.678. The first-order chi connectivity index (χ1) is 12.1. The van der Waals surface area contributed by atoms with E-state index in [4.69, 9.17) is 22.1 Å². The monoisotopic (exact) mass is 360 g/mol. The number of nitrogens with two attached hydrogens (primary N) is 1. The van der Waals surface area contributed by atoms with E-state index in [1.807, 2.05) is 24.3 Å². The third-order valence-electron chi connectivity index (χ3n) is 4.24. The molecule has 0 spiro atoms. The number of aliphatic hydroxyl groups excluding tert-OH is 1. The summed E-state index contributed by atoms with van der Waals surface area (Å²) in [6, 6.07) is 12.6. The molecule has 1 aliphatic rings. The number of hydrogen-bond acceptors (Lipinski definition) is 4. The number of aliphatic hydroxyl groups is 1. The van der Waals surface area contributed by atoms with Gasteiger partial charge >= 0.3 is 0 Å². The van der Waals surface area contributed by atoms with Crippen molar-refractivity contribution in [3.05, 3.63) is 64.2 Å². The number of benzene rings is 2. The van der Waals surface area contributed by atoms with Crippen LogP contribution in [0.4, 0.5) is 0 Å². The van der Waals surface area contributed by atoms with Gasteiger partial charge < -0.3 is 20.5 Å². The third kappa shape index (κ3) is 3.95. The number of rotatable bonds is 5. The lowest BCUT2D eigenvalue weighted by molar-refractivity contribution is 0.0550. The van der Waals surface area contributed by atoms with E-state index in [0.29, 0.717) is 36.0 Å². The van der Waals surface area contributed by atoms with Crippen LogP contribution < -0.4 is 10.5 Å². The maximum absolute atomic E-state index is 12.8. The van der Waals surface area contributed by atoms with Crippen molar-refractivity contribution in [3.63, 3.8) is 0 Å². The van der Waals surface area contributed by atoms with Crippen LogP contribution in [0.2, 0.25) is 5.02 Å². The van der Waals surface area contributed by atoms with Crippen LogP contribution >= 0.6 is 11.6 Å². The summed E-state index contributed by atoms with van der Waals surface area (Å²) in [5, 5.41) is 10.7. The van der Waals surface area contributed by atoms with Crippen molar-refractivity contribution in [1.82, 2.24) is 4.90 Å². The van der Waals surface area contributed by atoms with Crippen molar-refractivity contribution in [2.24, 2.45) is 5.73 Å². The van der Waals surface area contributed by atoms with Crippen LogP contribution in [-0.2, 0) is 6.54 Å². The van der Waals surface area contributed by atoms with Crippen LogP contribution in [0.1, 0.15) is 34.0 Å².